The molecule has 0 aromatic carbocycles. The van der Waals surface area contributed by atoms with Crippen LogP contribution in [-0.4, -0.2) is 60.1 Å². The summed E-state index contributed by atoms with van der Waals surface area (Å²) in [5.74, 6) is -7.59. The normalized spacial score (nSPS) is 12.6. The molecule has 42 heavy (non-hydrogen) atoms. The van der Waals surface area contributed by atoms with Gasteiger partial charge in [0.25, 0.3) is 0 Å². The molecule has 0 aliphatic carbocycles. The minimum Gasteiger partial charge on any atom is -0.465 e. The van der Waals surface area contributed by atoms with Crippen molar-refractivity contribution in [1.82, 2.24) is 15.0 Å². The van der Waals surface area contributed by atoms with Gasteiger partial charge in [-0.3, -0.25) is 4.90 Å². The van der Waals surface area contributed by atoms with Crippen LogP contribution in [0.25, 0.3) is 11.5 Å². The number of carbonyl (C=O) groups excluding carboxylic acids is 2. The molecule has 3 aromatic rings. The second kappa shape index (κ2) is 11.9. The second-order valence-electron chi connectivity index (χ2n) is 9.57. The van der Waals surface area contributed by atoms with Crippen LogP contribution in [0.3, 0.4) is 0 Å². The number of hydrogen-bond donors (Lipinski definition) is 0. The summed E-state index contributed by atoms with van der Waals surface area (Å²) in [6.45, 7) is 4.89. The molecule has 0 saturated carbocycles. The van der Waals surface area contributed by atoms with Gasteiger partial charge in [-0.1, -0.05) is 6.92 Å². The maximum atomic E-state index is 14.3. The molecule has 228 valence electrons. The number of thiophene rings is 1. The molecule has 0 fully saturated rings. The summed E-state index contributed by atoms with van der Waals surface area (Å²) in [7, 11) is -3.24. The Morgan fingerprint density at radius 1 is 1.05 bits per heavy atom. The van der Waals surface area contributed by atoms with E-state index in [4.69, 9.17) is 4.74 Å². The van der Waals surface area contributed by atoms with Crippen molar-refractivity contribution in [3.63, 3.8) is 0 Å². The van der Waals surface area contributed by atoms with E-state index in [1.165, 1.54) is 52.2 Å². The van der Waals surface area contributed by atoms with Crippen molar-refractivity contribution in [2.75, 3.05) is 17.8 Å². The Bertz CT molecular complexity index is 1570. The molecule has 3 aromatic heterocycles. The fraction of sp³-hybridized carbons (Fsp3) is 0.400. The van der Waals surface area contributed by atoms with Gasteiger partial charge in [0.1, 0.15) is 16.2 Å². The number of esters is 1. The first-order valence-corrected chi connectivity index (χ1v) is 14.5. The molecule has 0 radical (unpaired) electrons. The number of ether oxygens (including phenoxy) is 2. The van der Waals surface area contributed by atoms with Crippen molar-refractivity contribution in [2.45, 2.75) is 56.8 Å². The van der Waals surface area contributed by atoms with Crippen LogP contribution in [0.5, 0.6) is 0 Å². The zero-order valence-corrected chi connectivity index (χ0v) is 24.5. The minimum atomic E-state index is -6.00. The highest BCUT2D eigenvalue weighted by Crippen LogP contribution is 2.47. The molecular weight excluding hydrogens is 611 g/mol. The van der Waals surface area contributed by atoms with Gasteiger partial charge in [0.05, 0.1) is 29.8 Å². The van der Waals surface area contributed by atoms with E-state index < -0.39 is 77.9 Å². The number of rotatable bonds is 8. The van der Waals surface area contributed by atoms with Crippen LogP contribution in [0.4, 0.5) is 32.6 Å². The lowest BCUT2D eigenvalue weighted by molar-refractivity contribution is -0.287. The third-order valence-corrected chi connectivity index (χ3v) is 8.34. The third-order valence-electron chi connectivity index (χ3n) is 5.40. The molecule has 1 amide bonds. The van der Waals surface area contributed by atoms with Crippen molar-refractivity contribution >= 4 is 39.1 Å². The first-order valence-electron chi connectivity index (χ1n) is 12.0. The first kappa shape index (κ1) is 32.8. The van der Waals surface area contributed by atoms with Crippen molar-refractivity contribution in [2.24, 2.45) is 0 Å². The highest BCUT2D eigenvalue weighted by atomic mass is 32.2. The number of anilines is 1. The Labute approximate surface area is 241 Å². The fourth-order valence-corrected chi connectivity index (χ4v) is 5.55. The maximum Gasteiger partial charge on any atom is 0.458 e. The summed E-state index contributed by atoms with van der Waals surface area (Å²) in [6.07, 6.45) is -4.48. The van der Waals surface area contributed by atoms with Gasteiger partial charge in [-0.25, -0.2) is 33.0 Å². The van der Waals surface area contributed by atoms with E-state index in [2.05, 4.69) is 19.7 Å². The van der Waals surface area contributed by atoms with Crippen LogP contribution >= 0.6 is 11.3 Å². The highest BCUT2D eigenvalue weighted by molar-refractivity contribution is 7.91. The molecule has 0 N–H and O–H groups in total. The summed E-state index contributed by atoms with van der Waals surface area (Å²) in [5, 5.41) is 0. The van der Waals surface area contributed by atoms with E-state index in [0.717, 1.165) is 13.2 Å². The van der Waals surface area contributed by atoms with Gasteiger partial charge in [-0.15, -0.1) is 11.3 Å². The standard InChI is InChI=1S/C25H25F5N4O6S2/c1-6-42(37,38)17-9-8-15(19-31-10-7-11-32-19)33-20(17)34(22(36)40-23(2,3)4)13-16-14(21(35)39-5)12-18(41-16)24(26,27)25(28,29)30/h7-12H,6,13H2,1-5H3. The molecule has 0 saturated heterocycles. The van der Waals surface area contributed by atoms with Crippen molar-refractivity contribution in [3.05, 3.63) is 52.0 Å². The Balaban J connectivity index is 2.32. The van der Waals surface area contributed by atoms with Gasteiger partial charge < -0.3 is 9.47 Å². The number of nitrogens with zero attached hydrogens (tertiary/aromatic N) is 4. The van der Waals surface area contributed by atoms with E-state index >= 15 is 0 Å². The summed E-state index contributed by atoms with van der Waals surface area (Å²) in [6, 6.07) is 4.23. The molecule has 17 heteroatoms. The highest BCUT2D eigenvalue weighted by Gasteiger charge is 2.60. The Morgan fingerprint density at radius 3 is 2.19 bits per heavy atom. The van der Waals surface area contributed by atoms with Gasteiger partial charge in [-0.2, -0.15) is 22.0 Å². The van der Waals surface area contributed by atoms with E-state index in [1.807, 2.05) is 0 Å². The van der Waals surface area contributed by atoms with Crippen molar-refractivity contribution in [3.8, 4) is 11.5 Å². The number of alkyl halides is 5. The van der Waals surface area contributed by atoms with Gasteiger partial charge in [0.15, 0.2) is 21.5 Å². The van der Waals surface area contributed by atoms with E-state index in [9.17, 15) is 40.0 Å². The van der Waals surface area contributed by atoms with Crippen LogP contribution in [0, 0.1) is 0 Å². The molecule has 3 rings (SSSR count). The number of carbonyl (C=O) groups is 2. The monoisotopic (exact) mass is 636 g/mol. The van der Waals surface area contributed by atoms with Gasteiger partial charge in [-0.05, 0) is 45.0 Å². The lowest BCUT2D eigenvalue weighted by atomic mass is 10.2. The smallest absolute Gasteiger partial charge is 0.458 e. The average Bonchev–Trinajstić information content (AvgIpc) is 3.34. The third kappa shape index (κ3) is 7.00. The van der Waals surface area contributed by atoms with Crippen molar-refractivity contribution in [1.29, 1.82) is 0 Å². The largest absolute Gasteiger partial charge is 0.465 e. The predicted molar refractivity (Wildman–Crippen MR) is 141 cm³/mol. The lowest BCUT2D eigenvalue weighted by Gasteiger charge is -2.28. The number of sulfone groups is 1. The molecule has 0 spiro atoms. The summed E-state index contributed by atoms with van der Waals surface area (Å²) in [5.41, 5.74) is -1.87. The lowest BCUT2D eigenvalue weighted by Crippen LogP contribution is -2.38. The average molecular weight is 637 g/mol. The maximum absolute atomic E-state index is 14.3. The molecule has 3 heterocycles. The van der Waals surface area contributed by atoms with Crippen LogP contribution in [0.1, 0.15) is 47.8 Å². The molecule has 0 atom stereocenters. The second-order valence-corrected chi connectivity index (χ2v) is 13.0. The number of hydrogen-bond acceptors (Lipinski definition) is 10. The molecule has 0 unspecified atom stereocenters. The van der Waals surface area contributed by atoms with E-state index in [0.29, 0.717) is 11.0 Å². The molecule has 10 nitrogen and oxygen atoms in total. The Hall–Kier alpha value is -3.73. The first-order chi connectivity index (χ1) is 19.3. The summed E-state index contributed by atoms with van der Waals surface area (Å²) in [4.78, 5) is 36.4. The Kier molecular flexibility index (Phi) is 9.26. The van der Waals surface area contributed by atoms with Gasteiger partial charge in [0.2, 0.25) is 0 Å². The van der Waals surface area contributed by atoms with Crippen LogP contribution in [0.15, 0.2) is 41.6 Å². The predicted octanol–water partition coefficient (Wildman–Crippen LogP) is 5.78. The summed E-state index contributed by atoms with van der Waals surface area (Å²) < 4.78 is 104. The van der Waals surface area contributed by atoms with Crippen molar-refractivity contribution < 1.29 is 49.4 Å². The molecule has 0 aliphatic rings. The SMILES string of the molecule is CCS(=O)(=O)c1ccc(-c2ncccn2)nc1N(Cc1sc(C(F)(F)C(F)(F)F)cc1C(=O)OC)C(=O)OC(C)(C)C. The van der Waals surface area contributed by atoms with E-state index in [-0.39, 0.29) is 22.9 Å². The quantitative estimate of drug-likeness (QED) is 0.223. The summed E-state index contributed by atoms with van der Waals surface area (Å²) >= 11 is -0.107. The van der Waals surface area contributed by atoms with Gasteiger partial charge >= 0.3 is 24.2 Å². The number of pyridine rings is 1. The fourth-order valence-electron chi connectivity index (χ4n) is 3.39. The molecule has 0 bridgehead atoms. The number of amides is 1. The Morgan fingerprint density at radius 2 is 1.67 bits per heavy atom. The zero-order chi connectivity index (χ0) is 31.7. The van der Waals surface area contributed by atoms with Gasteiger partial charge in [0, 0.05) is 17.3 Å². The van der Waals surface area contributed by atoms with Crippen LogP contribution < -0.4 is 4.90 Å². The molecule has 0 aliphatic heterocycles. The topological polar surface area (TPSA) is 129 Å². The van der Waals surface area contributed by atoms with Crippen LogP contribution in [-0.2, 0) is 31.8 Å². The number of halogens is 5. The molecular formula is C25H25F5N4O6S2. The number of methoxy groups -OCH3 is 1. The number of aromatic nitrogens is 3. The van der Waals surface area contributed by atoms with Crippen LogP contribution in [0.2, 0.25) is 0 Å². The minimum absolute atomic E-state index is 0.00197. The zero-order valence-electron chi connectivity index (χ0n) is 22.8. The van der Waals surface area contributed by atoms with E-state index in [1.54, 1.807) is 0 Å².